The molecule has 0 bridgehead atoms. The van der Waals surface area contributed by atoms with Gasteiger partial charge in [-0.15, -0.1) is 0 Å². The van der Waals surface area contributed by atoms with Crippen molar-refractivity contribution in [2.75, 3.05) is 26.7 Å². The normalized spacial score (nSPS) is 29.3. The minimum atomic E-state index is 0.0457. The fraction of sp³-hybridized carbons (Fsp3) is 1.00. The first kappa shape index (κ1) is 14.9. The van der Waals surface area contributed by atoms with E-state index in [2.05, 4.69) is 32.6 Å². The Labute approximate surface area is 107 Å². The van der Waals surface area contributed by atoms with Gasteiger partial charge in [0.15, 0.2) is 0 Å². The molecule has 1 rings (SSSR count). The van der Waals surface area contributed by atoms with Crippen LogP contribution in [0.1, 0.15) is 47.0 Å². The third-order valence-electron chi connectivity index (χ3n) is 4.10. The lowest BCUT2D eigenvalue weighted by Crippen LogP contribution is -2.49. The van der Waals surface area contributed by atoms with Crippen molar-refractivity contribution in [3.63, 3.8) is 0 Å². The molecule has 0 saturated carbocycles. The van der Waals surface area contributed by atoms with Crippen molar-refractivity contribution in [1.29, 1.82) is 0 Å². The molecule has 0 amide bonds. The summed E-state index contributed by atoms with van der Waals surface area (Å²) in [5.41, 5.74) is 6.46. The number of methoxy groups -OCH3 is 1. The predicted molar refractivity (Wildman–Crippen MR) is 73.1 cm³/mol. The summed E-state index contributed by atoms with van der Waals surface area (Å²) < 4.78 is 5.61. The molecule has 0 radical (unpaired) electrons. The highest BCUT2D eigenvalue weighted by Gasteiger charge is 2.31. The quantitative estimate of drug-likeness (QED) is 0.822. The Balaban J connectivity index is 2.37. The van der Waals surface area contributed by atoms with Crippen LogP contribution in [0.2, 0.25) is 0 Å². The maximum Gasteiger partial charge on any atom is 0.0777 e. The number of nitrogens with zero attached hydrogens (tertiary/aromatic N) is 1. The SMILES string of the molecule is COC1(C)CCCN(CCC(N)C(C)(C)C)C1. The van der Waals surface area contributed by atoms with E-state index in [-0.39, 0.29) is 17.1 Å². The van der Waals surface area contributed by atoms with E-state index in [0.717, 1.165) is 19.5 Å². The maximum atomic E-state index is 6.21. The van der Waals surface area contributed by atoms with Crippen molar-refractivity contribution in [3.8, 4) is 0 Å². The first-order valence-corrected chi connectivity index (χ1v) is 6.80. The van der Waals surface area contributed by atoms with Gasteiger partial charge in [-0.25, -0.2) is 0 Å². The summed E-state index contributed by atoms with van der Waals surface area (Å²) in [4.78, 5) is 2.50. The van der Waals surface area contributed by atoms with Gasteiger partial charge in [0.1, 0.15) is 0 Å². The molecule has 3 nitrogen and oxygen atoms in total. The van der Waals surface area contributed by atoms with Crippen LogP contribution in [0, 0.1) is 5.41 Å². The van der Waals surface area contributed by atoms with Crippen LogP contribution in [-0.4, -0.2) is 43.3 Å². The van der Waals surface area contributed by atoms with Crippen LogP contribution in [0.25, 0.3) is 0 Å². The zero-order valence-electron chi connectivity index (χ0n) is 12.3. The molecule has 1 aliphatic heterocycles. The molecule has 0 spiro atoms. The van der Waals surface area contributed by atoms with E-state index < -0.39 is 0 Å². The Morgan fingerprint density at radius 1 is 1.41 bits per heavy atom. The molecule has 17 heavy (non-hydrogen) atoms. The second kappa shape index (κ2) is 5.68. The molecule has 0 aliphatic carbocycles. The van der Waals surface area contributed by atoms with E-state index in [0.29, 0.717) is 0 Å². The van der Waals surface area contributed by atoms with Gasteiger partial charge in [-0.3, -0.25) is 0 Å². The Hall–Kier alpha value is -0.120. The molecule has 0 aromatic heterocycles. The van der Waals surface area contributed by atoms with Crippen LogP contribution in [-0.2, 0) is 4.74 Å². The van der Waals surface area contributed by atoms with Crippen molar-refractivity contribution in [3.05, 3.63) is 0 Å². The van der Waals surface area contributed by atoms with Gasteiger partial charge >= 0.3 is 0 Å². The predicted octanol–water partition coefficient (Wildman–Crippen LogP) is 2.25. The fourth-order valence-corrected chi connectivity index (χ4v) is 2.42. The smallest absolute Gasteiger partial charge is 0.0777 e. The summed E-state index contributed by atoms with van der Waals surface area (Å²) >= 11 is 0. The Kier molecular flexibility index (Phi) is 4.99. The molecule has 0 aromatic rings. The average Bonchev–Trinajstić information content (AvgIpc) is 2.25. The third kappa shape index (κ3) is 4.57. The molecule has 2 unspecified atom stereocenters. The fourth-order valence-electron chi connectivity index (χ4n) is 2.42. The number of rotatable bonds is 4. The van der Waals surface area contributed by atoms with E-state index in [1.165, 1.54) is 19.4 Å². The molecule has 102 valence electrons. The minimum Gasteiger partial charge on any atom is -0.377 e. The molecule has 2 N–H and O–H groups in total. The lowest BCUT2D eigenvalue weighted by molar-refractivity contribution is -0.0514. The van der Waals surface area contributed by atoms with Gasteiger partial charge in [0.05, 0.1) is 5.60 Å². The van der Waals surface area contributed by atoms with Crippen molar-refractivity contribution in [2.24, 2.45) is 11.1 Å². The molecular formula is C14H30N2O. The second-order valence-corrected chi connectivity index (χ2v) is 6.79. The Morgan fingerprint density at radius 3 is 2.59 bits per heavy atom. The van der Waals surface area contributed by atoms with Gasteiger partial charge in [-0.1, -0.05) is 20.8 Å². The van der Waals surface area contributed by atoms with E-state index in [1.807, 2.05) is 7.11 Å². The van der Waals surface area contributed by atoms with Crippen molar-refractivity contribution < 1.29 is 4.74 Å². The first-order valence-electron chi connectivity index (χ1n) is 6.80. The van der Waals surface area contributed by atoms with Crippen LogP contribution in [0.4, 0.5) is 0 Å². The van der Waals surface area contributed by atoms with Gasteiger partial charge in [-0.05, 0) is 44.7 Å². The molecule has 1 heterocycles. The van der Waals surface area contributed by atoms with Gasteiger partial charge in [-0.2, -0.15) is 0 Å². The van der Waals surface area contributed by atoms with Gasteiger partial charge in [0.25, 0.3) is 0 Å². The molecular weight excluding hydrogens is 212 g/mol. The van der Waals surface area contributed by atoms with Crippen molar-refractivity contribution in [1.82, 2.24) is 4.90 Å². The zero-order chi connectivity index (χ0) is 13.1. The highest BCUT2D eigenvalue weighted by atomic mass is 16.5. The topological polar surface area (TPSA) is 38.5 Å². The van der Waals surface area contributed by atoms with Gasteiger partial charge in [0.2, 0.25) is 0 Å². The summed E-state index contributed by atoms with van der Waals surface area (Å²) in [6.45, 7) is 12.2. The van der Waals surface area contributed by atoms with E-state index in [1.54, 1.807) is 0 Å². The highest BCUT2D eigenvalue weighted by molar-refractivity contribution is 4.86. The summed E-state index contributed by atoms with van der Waals surface area (Å²) in [5, 5.41) is 0. The largest absolute Gasteiger partial charge is 0.377 e. The van der Waals surface area contributed by atoms with E-state index >= 15 is 0 Å². The molecule has 1 fully saturated rings. The van der Waals surface area contributed by atoms with Crippen molar-refractivity contribution in [2.45, 2.75) is 58.6 Å². The van der Waals surface area contributed by atoms with Crippen LogP contribution >= 0.6 is 0 Å². The molecule has 1 aliphatic rings. The zero-order valence-corrected chi connectivity index (χ0v) is 12.3. The van der Waals surface area contributed by atoms with E-state index in [9.17, 15) is 0 Å². The Bertz CT molecular complexity index is 237. The van der Waals surface area contributed by atoms with Crippen LogP contribution < -0.4 is 5.73 Å². The molecule has 2 atom stereocenters. The van der Waals surface area contributed by atoms with Crippen LogP contribution in [0.3, 0.4) is 0 Å². The standard InChI is InChI=1S/C14H30N2O/c1-13(2,3)12(15)7-10-16-9-6-8-14(4,11-16)17-5/h12H,6-11,15H2,1-5H3. The number of hydrogen-bond donors (Lipinski definition) is 1. The monoisotopic (exact) mass is 242 g/mol. The van der Waals surface area contributed by atoms with Crippen molar-refractivity contribution >= 4 is 0 Å². The highest BCUT2D eigenvalue weighted by Crippen LogP contribution is 2.25. The Morgan fingerprint density at radius 2 is 2.06 bits per heavy atom. The molecule has 3 heteroatoms. The van der Waals surface area contributed by atoms with Gasteiger partial charge in [0, 0.05) is 19.7 Å². The number of piperidine rings is 1. The lowest BCUT2D eigenvalue weighted by atomic mass is 9.85. The molecule has 1 saturated heterocycles. The van der Waals surface area contributed by atoms with E-state index in [4.69, 9.17) is 10.5 Å². The van der Waals surface area contributed by atoms with Crippen LogP contribution in [0.15, 0.2) is 0 Å². The van der Waals surface area contributed by atoms with Crippen LogP contribution in [0.5, 0.6) is 0 Å². The first-order chi connectivity index (χ1) is 7.77. The summed E-state index contributed by atoms with van der Waals surface area (Å²) in [7, 11) is 1.82. The minimum absolute atomic E-state index is 0.0457. The summed E-state index contributed by atoms with van der Waals surface area (Å²) in [6.07, 6.45) is 3.48. The number of ether oxygens (including phenoxy) is 1. The second-order valence-electron chi connectivity index (χ2n) is 6.79. The molecule has 0 aromatic carbocycles. The third-order valence-corrected chi connectivity index (χ3v) is 4.10. The lowest BCUT2D eigenvalue weighted by Gasteiger charge is -2.40. The summed E-state index contributed by atoms with van der Waals surface area (Å²) in [5.74, 6) is 0. The number of likely N-dealkylation sites (tertiary alicyclic amines) is 1. The number of hydrogen-bond acceptors (Lipinski definition) is 3. The maximum absolute atomic E-state index is 6.21. The average molecular weight is 242 g/mol. The number of nitrogens with two attached hydrogens (primary N) is 1. The summed E-state index contributed by atoms with van der Waals surface area (Å²) in [6, 6.07) is 0.276. The van der Waals surface area contributed by atoms with Gasteiger partial charge < -0.3 is 15.4 Å².